The van der Waals surface area contributed by atoms with Crippen molar-refractivity contribution in [2.75, 3.05) is 0 Å². The predicted molar refractivity (Wildman–Crippen MR) is 52.9 cm³/mol. The van der Waals surface area contributed by atoms with Crippen molar-refractivity contribution in [1.82, 2.24) is 10.3 Å². The molecule has 68 valence electrons. The average molecular weight is 183 g/mol. The van der Waals surface area contributed by atoms with Gasteiger partial charge in [-0.05, 0) is 30.5 Å². The molecule has 14 heavy (non-hydrogen) atoms. The first kappa shape index (κ1) is 8.52. The third-order valence-electron chi connectivity index (χ3n) is 2.11. The van der Waals surface area contributed by atoms with Gasteiger partial charge in [0.05, 0.1) is 5.69 Å². The fourth-order valence-electron chi connectivity index (χ4n) is 1.37. The maximum Gasteiger partial charge on any atom is 0.186 e. The van der Waals surface area contributed by atoms with E-state index in [4.69, 9.17) is 5.26 Å². The predicted octanol–water partition coefficient (Wildman–Crippen LogP) is 1.47. The van der Waals surface area contributed by atoms with Crippen molar-refractivity contribution in [3.05, 3.63) is 54.5 Å². The van der Waals surface area contributed by atoms with Gasteiger partial charge in [-0.1, -0.05) is 12.1 Å². The van der Waals surface area contributed by atoms with E-state index >= 15 is 0 Å². The van der Waals surface area contributed by atoms with E-state index in [0.717, 1.165) is 0 Å². The zero-order valence-electron chi connectivity index (χ0n) is 7.51. The molecule has 0 bridgehead atoms. The van der Waals surface area contributed by atoms with Crippen molar-refractivity contribution < 1.29 is 0 Å². The third-order valence-corrected chi connectivity index (χ3v) is 2.11. The topological polar surface area (TPSA) is 48.7 Å². The third kappa shape index (κ3) is 1.27. The van der Waals surface area contributed by atoms with Crippen LogP contribution >= 0.6 is 0 Å². The average Bonchev–Trinajstić information content (AvgIpc) is 2.31. The number of pyridine rings is 1. The molecule has 1 unspecified atom stereocenters. The molecule has 2 rings (SSSR count). The van der Waals surface area contributed by atoms with Crippen molar-refractivity contribution in [2.45, 2.75) is 5.54 Å². The van der Waals surface area contributed by atoms with E-state index < -0.39 is 5.54 Å². The number of dihydropyridines is 1. The van der Waals surface area contributed by atoms with Crippen molar-refractivity contribution in [3.63, 3.8) is 0 Å². The highest BCUT2D eigenvalue weighted by atomic mass is 15.0. The van der Waals surface area contributed by atoms with Crippen molar-refractivity contribution in [3.8, 4) is 6.07 Å². The lowest BCUT2D eigenvalue weighted by Crippen LogP contribution is -2.37. The molecule has 3 heteroatoms. The van der Waals surface area contributed by atoms with Crippen LogP contribution in [0.2, 0.25) is 0 Å². The summed E-state index contributed by atoms with van der Waals surface area (Å²) < 4.78 is 0. The summed E-state index contributed by atoms with van der Waals surface area (Å²) in [6.07, 6.45) is 8.92. The smallest absolute Gasteiger partial charge is 0.186 e. The summed E-state index contributed by atoms with van der Waals surface area (Å²) in [6, 6.07) is 7.76. The minimum atomic E-state index is -0.810. The largest absolute Gasteiger partial charge is 0.365 e. The number of rotatable bonds is 1. The van der Waals surface area contributed by atoms with Gasteiger partial charge >= 0.3 is 0 Å². The van der Waals surface area contributed by atoms with Crippen LogP contribution in [0.25, 0.3) is 0 Å². The van der Waals surface area contributed by atoms with Crippen LogP contribution in [0, 0.1) is 11.3 Å². The molecule has 1 N–H and O–H groups in total. The van der Waals surface area contributed by atoms with Gasteiger partial charge in [0.2, 0.25) is 0 Å². The Bertz CT molecular complexity index is 414. The molecule has 0 saturated carbocycles. The first-order valence-corrected chi connectivity index (χ1v) is 4.32. The molecule has 0 amide bonds. The highest BCUT2D eigenvalue weighted by Crippen LogP contribution is 2.21. The van der Waals surface area contributed by atoms with Gasteiger partial charge in [0.15, 0.2) is 5.54 Å². The fourth-order valence-corrected chi connectivity index (χ4v) is 1.37. The molecule has 0 spiro atoms. The summed E-state index contributed by atoms with van der Waals surface area (Å²) in [7, 11) is 0. The maximum absolute atomic E-state index is 9.16. The zero-order valence-corrected chi connectivity index (χ0v) is 7.51. The molecule has 3 nitrogen and oxygen atoms in total. The lowest BCUT2D eigenvalue weighted by Gasteiger charge is -2.24. The Hall–Kier alpha value is -2.08. The number of hydrogen-bond acceptors (Lipinski definition) is 3. The standard InChI is InChI=1S/C11H9N3/c12-9-11(6-2-4-8-14-11)10-5-1-3-7-13-10/h1-8,14H. The quantitative estimate of drug-likeness (QED) is 0.717. The summed E-state index contributed by atoms with van der Waals surface area (Å²) in [4.78, 5) is 4.18. The molecule has 1 aromatic rings. The summed E-state index contributed by atoms with van der Waals surface area (Å²) in [5, 5.41) is 12.2. The van der Waals surface area contributed by atoms with E-state index in [-0.39, 0.29) is 0 Å². The van der Waals surface area contributed by atoms with Crippen LogP contribution in [0.4, 0.5) is 0 Å². The minimum absolute atomic E-state index is 0.711. The van der Waals surface area contributed by atoms with E-state index in [1.54, 1.807) is 18.5 Å². The van der Waals surface area contributed by atoms with Gasteiger partial charge in [0, 0.05) is 6.20 Å². The summed E-state index contributed by atoms with van der Waals surface area (Å²) >= 11 is 0. The van der Waals surface area contributed by atoms with Crippen LogP contribution in [-0.4, -0.2) is 4.98 Å². The molecule has 0 saturated heterocycles. The molecule has 1 aliphatic rings. The van der Waals surface area contributed by atoms with Crippen LogP contribution in [0.5, 0.6) is 0 Å². The molecule has 1 atom stereocenters. The number of nitrogens with one attached hydrogen (secondary N) is 1. The van der Waals surface area contributed by atoms with Gasteiger partial charge in [0.1, 0.15) is 6.07 Å². The maximum atomic E-state index is 9.16. The van der Waals surface area contributed by atoms with Crippen molar-refractivity contribution >= 4 is 0 Å². The van der Waals surface area contributed by atoms with E-state index in [0.29, 0.717) is 5.69 Å². The Kier molecular flexibility index (Phi) is 2.04. The van der Waals surface area contributed by atoms with Gasteiger partial charge in [0.25, 0.3) is 0 Å². The molecule has 1 aromatic heterocycles. The first-order chi connectivity index (χ1) is 6.87. The summed E-state index contributed by atoms with van der Waals surface area (Å²) in [6.45, 7) is 0. The number of aromatic nitrogens is 1. The van der Waals surface area contributed by atoms with E-state index in [1.165, 1.54) is 0 Å². The van der Waals surface area contributed by atoms with Crippen molar-refractivity contribution in [2.24, 2.45) is 0 Å². The van der Waals surface area contributed by atoms with Gasteiger partial charge in [-0.15, -0.1) is 0 Å². The van der Waals surface area contributed by atoms with Crippen LogP contribution in [0.15, 0.2) is 48.8 Å². The Balaban J connectivity index is 2.45. The molecule has 2 heterocycles. The van der Waals surface area contributed by atoms with Crippen LogP contribution in [0.3, 0.4) is 0 Å². The first-order valence-electron chi connectivity index (χ1n) is 4.32. The summed E-state index contributed by atoms with van der Waals surface area (Å²) in [5.74, 6) is 0. The number of allylic oxidation sites excluding steroid dienone is 2. The van der Waals surface area contributed by atoms with Crippen molar-refractivity contribution in [1.29, 1.82) is 5.26 Å². The lowest BCUT2D eigenvalue weighted by molar-refractivity contribution is 0.584. The lowest BCUT2D eigenvalue weighted by atomic mass is 9.94. The molecule has 0 aliphatic carbocycles. The second-order valence-corrected chi connectivity index (χ2v) is 3.00. The number of nitriles is 1. The second-order valence-electron chi connectivity index (χ2n) is 3.00. The van der Waals surface area contributed by atoms with Gasteiger partial charge in [-0.3, -0.25) is 4.98 Å². The zero-order chi connectivity index (χ0) is 9.86. The van der Waals surface area contributed by atoms with Gasteiger partial charge in [-0.25, -0.2) is 0 Å². The van der Waals surface area contributed by atoms with E-state index in [9.17, 15) is 0 Å². The molecular formula is C11H9N3. The minimum Gasteiger partial charge on any atom is -0.365 e. The van der Waals surface area contributed by atoms with Gasteiger partial charge in [-0.2, -0.15) is 5.26 Å². The molecule has 1 aliphatic heterocycles. The normalized spacial score (nSPS) is 23.9. The fraction of sp³-hybridized carbons (Fsp3) is 0.0909. The van der Waals surface area contributed by atoms with Crippen LogP contribution in [-0.2, 0) is 5.54 Å². The van der Waals surface area contributed by atoms with E-state index in [2.05, 4.69) is 16.4 Å². The Morgan fingerprint density at radius 2 is 2.29 bits per heavy atom. The molecule has 0 fully saturated rings. The Morgan fingerprint density at radius 3 is 2.86 bits per heavy atom. The SMILES string of the molecule is N#CC1(c2ccccn2)C=CC=CN1. The van der Waals surface area contributed by atoms with Crippen LogP contribution in [0.1, 0.15) is 5.69 Å². The molecular weight excluding hydrogens is 174 g/mol. The highest BCUT2D eigenvalue weighted by molar-refractivity contribution is 5.36. The highest BCUT2D eigenvalue weighted by Gasteiger charge is 2.30. The second kappa shape index (κ2) is 3.35. The Labute approximate surface area is 82.4 Å². The summed E-state index contributed by atoms with van der Waals surface area (Å²) in [5.41, 5.74) is -0.0983. The van der Waals surface area contributed by atoms with Gasteiger partial charge < -0.3 is 5.32 Å². The van der Waals surface area contributed by atoms with E-state index in [1.807, 2.05) is 30.4 Å². The molecule has 0 radical (unpaired) electrons. The number of nitrogens with zero attached hydrogens (tertiary/aromatic N) is 2. The van der Waals surface area contributed by atoms with Crippen LogP contribution < -0.4 is 5.32 Å². The number of hydrogen-bond donors (Lipinski definition) is 1. The molecule has 0 aromatic carbocycles. The Morgan fingerprint density at radius 1 is 1.36 bits per heavy atom. The monoisotopic (exact) mass is 183 g/mol.